The van der Waals surface area contributed by atoms with Gasteiger partial charge in [-0.25, -0.2) is 13.4 Å². The fourth-order valence-corrected chi connectivity index (χ4v) is 6.33. The van der Waals surface area contributed by atoms with E-state index in [1.165, 1.54) is 16.1 Å². The molecule has 2 aliphatic rings. The van der Waals surface area contributed by atoms with Crippen LogP contribution in [0.3, 0.4) is 0 Å². The second-order valence-corrected chi connectivity index (χ2v) is 10.5. The van der Waals surface area contributed by atoms with E-state index < -0.39 is 16.1 Å². The quantitative estimate of drug-likeness (QED) is 0.722. The summed E-state index contributed by atoms with van der Waals surface area (Å²) in [5.41, 5.74) is 2.04. The van der Waals surface area contributed by atoms with E-state index in [0.717, 1.165) is 27.5 Å². The third kappa shape index (κ3) is 3.80. The van der Waals surface area contributed by atoms with Crippen molar-refractivity contribution in [3.63, 3.8) is 0 Å². The fraction of sp³-hybridized carbons (Fsp3) is 0.579. The number of methoxy groups -OCH3 is 1. The summed E-state index contributed by atoms with van der Waals surface area (Å²) in [6.45, 7) is 4.99. The van der Waals surface area contributed by atoms with E-state index in [4.69, 9.17) is 9.72 Å². The largest absolute Gasteiger partial charge is 0.494 e. The molecule has 1 aromatic carbocycles. The molecular formula is C19H26N4O4S2. The van der Waals surface area contributed by atoms with Crippen molar-refractivity contribution in [1.29, 1.82) is 0 Å². The molecule has 0 spiro atoms. The van der Waals surface area contributed by atoms with Gasteiger partial charge in [-0.1, -0.05) is 17.4 Å². The molecule has 0 saturated carbocycles. The molecule has 1 amide bonds. The number of carbonyl (C=O) groups is 1. The Morgan fingerprint density at radius 2 is 1.93 bits per heavy atom. The molecule has 158 valence electrons. The molecular weight excluding hydrogens is 412 g/mol. The van der Waals surface area contributed by atoms with E-state index in [2.05, 4.69) is 11.8 Å². The second kappa shape index (κ2) is 7.73. The minimum absolute atomic E-state index is 0.0746. The number of aryl methyl sites for hydroxylation is 1. The smallest absolute Gasteiger partial charge is 0.241 e. The summed E-state index contributed by atoms with van der Waals surface area (Å²) in [5.74, 6) is 0.693. The number of anilines is 1. The van der Waals surface area contributed by atoms with Crippen LogP contribution >= 0.6 is 11.3 Å². The Kier molecular flexibility index (Phi) is 5.43. The zero-order valence-electron chi connectivity index (χ0n) is 16.9. The fourth-order valence-electron chi connectivity index (χ4n) is 4.11. The molecule has 2 saturated heterocycles. The molecule has 10 heteroatoms. The van der Waals surface area contributed by atoms with Gasteiger partial charge in [-0.15, -0.1) is 0 Å². The number of thiazole rings is 1. The van der Waals surface area contributed by atoms with Gasteiger partial charge >= 0.3 is 0 Å². The van der Waals surface area contributed by atoms with E-state index in [0.29, 0.717) is 39.1 Å². The minimum atomic E-state index is -3.36. The Morgan fingerprint density at radius 1 is 1.21 bits per heavy atom. The van der Waals surface area contributed by atoms with Gasteiger partial charge in [-0.3, -0.25) is 4.79 Å². The zero-order chi connectivity index (χ0) is 20.8. The summed E-state index contributed by atoms with van der Waals surface area (Å²) in [6.07, 6.45) is 2.51. The predicted molar refractivity (Wildman–Crippen MR) is 114 cm³/mol. The molecule has 1 unspecified atom stereocenters. The van der Waals surface area contributed by atoms with E-state index in [1.807, 2.05) is 12.1 Å². The summed E-state index contributed by atoms with van der Waals surface area (Å²) in [6, 6.07) is 3.42. The molecule has 2 aliphatic heterocycles. The highest BCUT2D eigenvalue weighted by Gasteiger charge is 2.39. The monoisotopic (exact) mass is 438 g/mol. The maximum absolute atomic E-state index is 12.9. The van der Waals surface area contributed by atoms with Crippen molar-refractivity contribution in [3.8, 4) is 5.75 Å². The third-order valence-corrected chi connectivity index (χ3v) is 8.23. The van der Waals surface area contributed by atoms with Crippen LogP contribution in [0.25, 0.3) is 10.2 Å². The average molecular weight is 439 g/mol. The number of hydrogen-bond donors (Lipinski definition) is 0. The number of fused-ring (bicyclic) bond motifs is 1. The van der Waals surface area contributed by atoms with Crippen molar-refractivity contribution < 1.29 is 17.9 Å². The van der Waals surface area contributed by atoms with Gasteiger partial charge in [0, 0.05) is 32.7 Å². The first kappa shape index (κ1) is 20.4. The van der Waals surface area contributed by atoms with Gasteiger partial charge in [-0.2, -0.15) is 4.31 Å². The molecule has 2 aromatic rings. The van der Waals surface area contributed by atoms with Gasteiger partial charge in [0.1, 0.15) is 17.3 Å². The van der Waals surface area contributed by atoms with E-state index in [9.17, 15) is 13.2 Å². The predicted octanol–water partition coefficient (Wildman–Crippen LogP) is 1.69. The Morgan fingerprint density at radius 3 is 2.59 bits per heavy atom. The SMILES string of the molecule is COc1ccc(C)c2sc(N3CCN(C(=O)C4CCCN4S(C)(=O)=O)CC3)nc12. The van der Waals surface area contributed by atoms with Crippen LogP contribution in [0.2, 0.25) is 0 Å². The van der Waals surface area contributed by atoms with Crippen molar-refractivity contribution in [2.24, 2.45) is 0 Å². The first-order valence-electron chi connectivity index (χ1n) is 9.74. The molecule has 0 N–H and O–H groups in total. The highest BCUT2D eigenvalue weighted by atomic mass is 32.2. The number of benzene rings is 1. The molecule has 0 aliphatic carbocycles. The molecule has 0 radical (unpaired) electrons. The highest BCUT2D eigenvalue weighted by molar-refractivity contribution is 7.88. The lowest BCUT2D eigenvalue weighted by atomic mass is 10.2. The molecule has 0 bridgehead atoms. The number of ether oxygens (including phenoxy) is 1. The molecule has 2 fully saturated rings. The second-order valence-electron chi connectivity index (χ2n) is 7.60. The number of aromatic nitrogens is 1. The Bertz CT molecular complexity index is 1030. The molecule has 3 heterocycles. The Labute approximate surface area is 175 Å². The minimum Gasteiger partial charge on any atom is -0.494 e. The summed E-state index contributed by atoms with van der Waals surface area (Å²) in [7, 11) is -1.71. The summed E-state index contributed by atoms with van der Waals surface area (Å²) < 4.78 is 31.8. The van der Waals surface area contributed by atoms with Crippen LogP contribution in [-0.2, 0) is 14.8 Å². The van der Waals surface area contributed by atoms with E-state index >= 15 is 0 Å². The number of rotatable bonds is 4. The molecule has 4 rings (SSSR count). The van der Waals surface area contributed by atoms with Crippen molar-refractivity contribution >= 4 is 42.6 Å². The molecule has 1 aromatic heterocycles. The molecule has 29 heavy (non-hydrogen) atoms. The van der Waals surface area contributed by atoms with Crippen molar-refractivity contribution in [3.05, 3.63) is 17.7 Å². The van der Waals surface area contributed by atoms with Crippen LogP contribution in [0.4, 0.5) is 5.13 Å². The van der Waals surface area contributed by atoms with Gasteiger partial charge in [0.2, 0.25) is 15.9 Å². The normalized spacial score (nSPS) is 21.1. The zero-order valence-corrected chi connectivity index (χ0v) is 18.6. The number of sulfonamides is 1. The lowest BCUT2D eigenvalue weighted by Crippen LogP contribution is -2.54. The van der Waals surface area contributed by atoms with Crippen LogP contribution in [0.15, 0.2) is 12.1 Å². The van der Waals surface area contributed by atoms with Gasteiger partial charge in [0.15, 0.2) is 5.13 Å². The summed E-state index contributed by atoms with van der Waals surface area (Å²) >= 11 is 1.64. The van der Waals surface area contributed by atoms with Crippen molar-refractivity contribution in [1.82, 2.24) is 14.2 Å². The van der Waals surface area contributed by atoms with Crippen molar-refractivity contribution in [2.75, 3.05) is 51.0 Å². The number of amides is 1. The van der Waals surface area contributed by atoms with E-state index in [1.54, 1.807) is 23.3 Å². The lowest BCUT2D eigenvalue weighted by molar-refractivity contribution is -0.134. The van der Waals surface area contributed by atoms with Crippen LogP contribution < -0.4 is 9.64 Å². The van der Waals surface area contributed by atoms with E-state index in [-0.39, 0.29) is 5.91 Å². The lowest BCUT2D eigenvalue weighted by Gasteiger charge is -2.36. The number of carbonyl (C=O) groups excluding carboxylic acids is 1. The summed E-state index contributed by atoms with van der Waals surface area (Å²) in [4.78, 5) is 21.7. The van der Waals surface area contributed by atoms with Crippen LogP contribution in [-0.4, -0.2) is 80.6 Å². The summed E-state index contributed by atoms with van der Waals surface area (Å²) in [5, 5.41) is 0.929. The first-order chi connectivity index (χ1) is 13.8. The van der Waals surface area contributed by atoms with Gasteiger partial charge < -0.3 is 14.5 Å². The number of nitrogens with zero attached hydrogens (tertiary/aromatic N) is 4. The molecule has 8 nitrogen and oxygen atoms in total. The standard InChI is InChI=1S/C19H26N4O4S2/c1-13-6-7-15(27-2)16-17(13)28-19(20-16)22-11-9-21(10-12-22)18(24)14-5-4-8-23(14)29(3,25)26/h6-7,14H,4-5,8-12H2,1-3H3. The number of hydrogen-bond acceptors (Lipinski definition) is 7. The third-order valence-electron chi connectivity index (χ3n) is 5.69. The molecule has 1 atom stereocenters. The maximum atomic E-state index is 12.9. The topological polar surface area (TPSA) is 83.0 Å². The van der Waals surface area contributed by atoms with Crippen LogP contribution in [0.5, 0.6) is 5.75 Å². The Balaban J connectivity index is 1.47. The first-order valence-corrected chi connectivity index (χ1v) is 12.4. The van der Waals surface area contributed by atoms with Crippen LogP contribution in [0, 0.1) is 6.92 Å². The Hall–Kier alpha value is -1.91. The van der Waals surface area contributed by atoms with Crippen molar-refractivity contribution in [2.45, 2.75) is 25.8 Å². The van der Waals surface area contributed by atoms with Gasteiger partial charge in [0.05, 0.1) is 18.1 Å². The number of piperazine rings is 1. The van der Waals surface area contributed by atoms with Gasteiger partial charge in [-0.05, 0) is 31.4 Å². The highest BCUT2D eigenvalue weighted by Crippen LogP contribution is 2.36. The average Bonchev–Trinajstić information content (AvgIpc) is 3.36. The van der Waals surface area contributed by atoms with Crippen LogP contribution in [0.1, 0.15) is 18.4 Å². The van der Waals surface area contributed by atoms with Gasteiger partial charge in [0.25, 0.3) is 0 Å². The maximum Gasteiger partial charge on any atom is 0.241 e.